The van der Waals surface area contributed by atoms with Gasteiger partial charge in [0, 0.05) is 16.6 Å². The van der Waals surface area contributed by atoms with Gasteiger partial charge < -0.3 is 9.72 Å². The van der Waals surface area contributed by atoms with Crippen LogP contribution in [-0.4, -0.2) is 29.0 Å². The molecule has 3 aromatic rings. The van der Waals surface area contributed by atoms with Crippen LogP contribution in [0.4, 0.5) is 5.13 Å². The number of nitrogens with one attached hydrogen (secondary N) is 2. The number of anilines is 1. The van der Waals surface area contributed by atoms with Crippen LogP contribution in [0.25, 0.3) is 11.3 Å². The highest BCUT2D eigenvalue weighted by Gasteiger charge is 2.23. The number of esters is 1. The minimum Gasteiger partial charge on any atom is -0.465 e. The predicted molar refractivity (Wildman–Crippen MR) is 107 cm³/mol. The van der Waals surface area contributed by atoms with Gasteiger partial charge in [-0.05, 0) is 38.8 Å². The first kappa shape index (κ1) is 18.8. The Morgan fingerprint density at radius 3 is 2.59 bits per heavy atom. The third kappa shape index (κ3) is 3.64. The summed E-state index contributed by atoms with van der Waals surface area (Å²) >= 11 is 1.36. The fourth-order valence-electron chi connectivity index (χ4n) is 3.10. The Labute approximate surface area is 161 Å². The van der Waals surface area contributed by atoms with Gasteiger partial charge in [-0.3, -0.25) is 10.1 Å². The summed E-state index contributed by atoms with van der Waals surface area (Å²) in [6.07, 6.45) is 0. The van der Waals surface area contributed by atoms with Gasteiger partial charge in [0.05, 0.1) is 18.4 Å². The Bertz CT molecular complexity index is 1030. The first-order valence-corrected chi connectivity index (χ1v) is 9.31. The normalized spacial score (nSPS) is 10.7. The molecule has 0 spiro atoms. The fraction of sp³-hybridized carbons (Fsp3) is 0.250. The van der Waals surface area contributed by atoms with Gasteiger partial charge in [0.15, 0.2) is 5.13 Å². The van der Waals surface area contributed by atoms with Crippen LogP contribution in [0.15, 0.2) is 23.6 Å². The van der Waals surface area contributed by atoms with Crippen molar-refractivity contribution in [2.24, 2.45) is 0 Å². The van der Waals surface area contributed by atoms with Crippen molar-refractivity contribution in [1.29, 1.82) is 0 Å². The number of H-pyrrole nitrogens is 1. The fourth-order valence-corrected chi connectivity index (χ4v) is 3.81. The first-order valence-electron chi connectivity index (χ1n) is 8.43. The molecule has 2 heterocycles. The van der Waals surface area contributed by atoms with E-state index < -0.39 is 5.97 Å². The number of aryl methyl sites for hydroxylation is 3. The van der Waals surface area contributed by atoms with Crippen LogP contribution in [0.3, 0.4) is 0 Å². The van der Waals surface area contributed by atoms with Gasteiger partial charge in [0.2, 0.25) is 0 Å². The van der Waals surface area contributed by atoms with E-state index in [0.29, 0.717) is 27.6 Å². The van der Waals surface area contributed by atoms with E-state index >= 15 is 0 Å². The lowest BCUT2D eigenvalue weighted by Gasteiger charge is -2.04. The zero-order valence-electron chi connectivity index (χ0n) is 15.9. The average molecular weight is 383 g/mol. The summed E-state index contributed by atoms with van der Waals surface area (Å²) in [6, 6.07) is 6.18. The molecule has 140 valence electrons. The Hall–Kier alpha value is -2.93. The molecule has 1 aromatic carbocycles. The van der Waals surface area contributed by atoms with Gasteiger partial charge in [-0.15, -0.1) is 11.3 Å². The van der Waals surface area contributed by atoms with Gasteiger partial charge in [0.1, 0.15) is 5.69 Å². The van der Waals surface area contributed by atoms with Crippen LogP contribution in [0.2, 0.25) is 0 Å². The van der Waals surface area contributed by atoms with Crippen LogP contribution in [0.5, 0.6) is 0 Å². The van der Waals surface area contributed by atoms with Crippen molar-refractivity contribution in [1.82, 2.24) is 9.97 Å². The number of methoxy groups -OCH3 is 1. The van der Waals surface area contributed by atoms with Crippen LogP contribution in [-0.2, 0) is 4.74 Å². The Balaban J connectivity index is 1.84. The van der Waals surface area contributed by atoms with Crippen LogP contribution >= 0.6 is 11.3 Å². The van der Waals surface area contributed by atoms with Crippen molar-refractivity contribution in [2.45, 2.75) is 27.7 Å². The number of carbonyl (C=O) groups excluding carboxylic acids is 2. The topological polar surface area (TPSA) is 84.1 Å². The molecule has 27 heavy (non-hydrogen) atoms. The summed E-state index contributed by atoms with van der Waals surface area (Å²) in [5.41, 5.74) is 6.06. The van der Waals surface area contributed by atoms with Crippen molar-refractivity contribution < 1.29 is 14.3 Å². The molecule has 7 heteroatoms. The molecule has 0 aliphatic carbocycles. The quantitative estimate of drug-likeness (QED) is 0.654. The number of amides is 1. The van der Waals surface area contributed by atoms with Crippen LogP contribution in [0.1, 0.15) is 43.2 Å². The number of hydrogen-bond donors (Lipinski definition) is 2. The van der Waals surface area contributed by atoms with E-state index in [9.17, 15) is 9.59 Å². The van der Waals surface area contributed by atoms with Gasteiger partial charge in [-0.25, -0.2) is 9.78 Å². The smallest absolute Gasteiger partial charge is 0.339 e. The molecule has 0 saturated carbocycles. The third-order valence-electron chi connectivity index (χ3n) is 4.44. The van der Waals surface area contributed by atoms with E-state index in [0.717, 1.165) is 16.8 Å². The van der Waals surface area contributed by atoms with Gasteiger partial charge in [-0.2, -0.15) is 0 Å². The van der Waals surface area contributed by atoms with Crippen molar-refractivity contribution in [3.8, 4) is 11.3 Å². The Morgan fingerprint density at radius 2 is 1.93 bits per heavy atom. The number of thiazole rings is 1. The molecule has 0 atom stereocenters. The monoisotopic (exact) mass is 383 g/mol. The van der Waals surface area contributed by atoms with E-state index in [-0.39, 0.29) is 5.91 Å². The highest BCUT2D eigenvalue weighted by molar-refractivity contribution is 7.14. The van der Waals surface area contributed by atoms with Gasteiger partial charge >= 0.3 is 5.97 Å². The summed E-state index contributed by atoms with van der Waals surface area (Å²) in [4.78, 5) is 32.0. The van der Waals surface area contributed by atoms with Gasteiger partial charge in [0.25, 0.3) is 5.91 Å². The first-order chi connectivity index (χ1) is 12.8. The molecular weight excluding hydrogens is 362 g/mol. The minimum absolute atomic E-state index is 0.330. The Kier molecular flexibility index (Phi) is 5.14. The maximum absolute atomic E-state index is 12.6. The number of aromatic nitrogens is 2. The summed E-state index contributed by atoms with van der Waals surface area (Å²) in [5.74, 6) is -0.807. The number of ether oxygens (including phenoxy) is 1. The Morgan fingerprint density at radius 1 is 1.19 bits per heavy atom. The van der Waals surface area contributed by atoms with E-state index in [2.05, 4.69) is 21.4 Å². The molecule has 2 aromatic heterocycles. The molecule has 0 unspecified atom stereocenters. The molecule has 0 saturated heterocycles. The lowest BCUT2D eigenvalue weighted by atomic mass is 10.0. The largest absolute Gasteiger partial charge is 0.465 e. The van der Waals surface area contributed by atoms with E-state index in [1.807, 2.05) is 31.4 Å². The van der Waals surface area contributed by atoms with Crippen molar-refractivity contribution >= 4 is 28.3 Å². The summed E-state index contributed by atoms with van der Waals surface area (Å²) in [7, 11) is 1.32. The van der Waals surface area contributed by atoms with Crippen LogP contribution in [0, 0.1) is 27.7 Å². The predicted octanol–water partition coefficient (Wildman–Crippen LogP) is 4.41. The molecule has 2 N–H and O–H groups in total. The van der Waals surface area contributed by atoms with Crippen molar-refractivity contribution in [2.75, 3.05) is 12.4 Å². The van der Waals surface area contributed by atoms with Crippen molar-refractivity contribution in [3.05, 3.63) is 57.2 Å². The number of aromatic amines is 1. The van der Waals surface area contributed by atoms with E-state index in [4.69, 9.17) is 4.74 Å². The number of hydrogen-bond acceptors (Lipinski definition) is 5. The van der Waals surface area contributed by atoms with E-state index in [1.54, 1.807) is 13.8 Å². The molecule has 0 fully saturated rings. The second-order valence-corrected chi connectivity index (χ2v) is 7.29. The number of nitrogens with zero attached hydrogens (tertiary/aromatic N) is 1. The molecule has 6 nitrogen and oxygen atoms in total. The summed E-state index contributed by atoms with van der Waals surface area (Å²) < 4.78 is 4.78. The van der Waals surface area contributed by atoms with Crippen LogP contribution < -0.4 is 5.32 Å². The zero-order chi connectivity index (χ0) is 19.7. The second-order valence-electron chi connectivity index (χ2n) is 6.43. The molecule has 0 bridgehead atoms. The average Bonchev–Trinajstić information content (AvgIpc) is 3.18. The SMILES string of the molecule is COC(=O)c1c(C)[nH]c(C(=O)Nc2nc(-c3ccc(C)cc3C)cs2)c1C. The molecule has 0 radical (unpaired) electrons. The molecular formula is C20H21N3O3S. The molecule has 0 aliphatic heterocycles. The lowest BCUT2D eigenvalue weighted by molar-refractivity contribution is 0.0599. The summed E-state index contributed by atoms with van der Waals surface area (Å²) in [5, 5.41) is 5.22. The van der Waals surface area contributed by atoms with E-state index in [1.165, 1.54) is 24.0 Å². The highest BCUT2D eigenvalue weighted by Crippen LogP contribution is 2.28. The third-order valence-corrected chi connectivity index (χ3v) is 5.19. The molecule has 1 amide bonds. The standard InChI is InChI=1S/C20H21N3O3S/c1-10-6-7-14(11(2)8-10)15-9-27-20(22-15)23-18(24)17-12(3)16(13(4)21-17)19(25)26-5/h6-9,21H,1-5H3,(H,22,23,24). The molecule has 3 rings (SSSR count). The van der Waals surface area contributed by atoms with Gasteiger partial charge in [-0.1, -0.05) is 23.8 Å². The highest BCUT2D eigenvalue weighted by atomic mass is 32.1. The lowest BCUT2D eigenvalue weighted by Crippen LogP contribution is -2.14. The number of carbonyl (C=O) groups is 2. The van der Waals surface area contributed by atoms with Crippen molar-refractivity contribution in [3.63, 3.8) is 0 Å². The zero-order valence-corrected chi connectivity index (χ0v) is 16.7. The maximum atomic E-state index is 12.6. The summed E-state index contributed by atoms with van der Waals surface area (Å²) in [6.45, 7) is 7.54. The number of rotatable bonds is 4. The maximum Gasteiger partial charge on any atom is 0.339 e. The number of benzene rings is 1. The molecule has 0 aliphatic rings. The second kappa shape index (κ2) is 7.36. The minimum atomic E-state index is -0.466.